The second-order valence-electron chi connectivity index (χ2n) is 4.77. The summed E-state index contributed by atoms with van der Waals surface area (Å²) >= 11 is 0. The lowest BCUT2D eigenvalue weighted by molar-refractivity contribution is 0.0398. The summed E-state index contributed by atoms with van der Waals surface area (Å²) in [7, 11) is 0. The van der Waals surface area contributed by atoms with Crippen molar-refractivity contribution in [2.45, 2.75) is 20.0 Å². The largest absolute Gasteiger partial charge is 0.475 e. The molecule has 0 aliphatic carbocycles. The summed E-state index contributed by atoms with van der Waals surface area (Å²) in [6.45, 7) is 9.41. The molecule has 1 saturated heterocycles. The maximum atomic E-state index is 5.53. The topological polar surface area (TPSA) is 59.5 Å². The fourth-order valence-corrected chi connectivity index (χ4v) is 1.89. The molecule has 19 heavy (non-hydrogen) atoms. The maximum absolute atomic E-state index is 5.53. The number of hydrogen-bond donors (Lipinski definition) is 1. The number of hydrogen-bond acceptors (Lipinski definition) is 6. The molecule has 1 aliphatic rings. The molecule has 1 aromatic heterocycles. The summed E-state index contributed by atoms with van der Waals surface area (Å²) in [6.07, 6.45) is 1.83. The van der Waals surface area contributed by atoms with Gasteiger partial charge in [0.2, 0.25) is 11.8 Å². The van der Waals surface area contributed by atoms with Crippen molar-refractivity contribution in [3.8, 4) is 5.88 Å². The third-order valence-electron chi connectivity index (χ3n) is 2.80. The second-order valence-corrected chi connectivity index (χ2v) is 4.77. The van der Waals surface area contributed by atoms with Gasteiger partial charge in [-0.1, -0.05) is 0 Å². The number of ether oxygens (including phenoxy) is 2. The van der Waals surface area contributed by atoms with E-state index >= 15 is 0 Å². The first-order valence-corrected chi connectivity index (χ1v) is 6.78. The van der Waals surface area contributed by atoms with Gasteiger partial charge >= 0.3 is 0 Å². The summed E-state index contributed by atoms with van der Waals surface area (Å²) in [5, 5.41) is 3.22. The van der Waals surface area contributed by atoms with Crippen LogP contribution in [0.4, 0.5) is 5.95 Å². The Morgan fingerprint density at radius 1 is 1.42 bits per heavy atom. The Morgan fingerprint density at radius 2 is 2.21 bits per heavy atom. The second kappa shape index (κ2) is 7.25. The molecule has 6 nitrogen and oxygen atoms in total. The highest BCUT2D eigenvalue weighted by atomic mass is 16.5. The van der Waals surface area contributed by atoms with Gasteiger partial charge in [-0.25, -0.2) is 4.98 Å². The number of rotatable bonds is 6. The molecular formula is C13H22N4O2. The lowest BCUT2D eigenvalue weighted by atomic mass is 10.4. The van der Waals surface area contributed by atoms with Crippen molar-refractivity contribution >= 4 is 5.95 Å². The maximum Gasteiger partial charge on any atom is 0.225 e. The van der Waals surface area contributed by atoms with Crippen molar-refractivity contribution in [1.82, 2.24) is 14.9 Å². The van der Waals surface area contributed by atoms with Gasteiger partial charge in [-0.3, -0.25) is 4.90 Å². The van der Waals surface area contributed by atoms with Crippen LogP contribution in [-0.2, 0) is 4.74 Å². The van der Waals surface area contributed by atoms with Gasteiger partial charge in [-0.2, -0.15) is 4.98 Å². The van der Waals surface area contributed by atoms with Crippen LogP contribution in [-0.4, -0.2) is 60.4 Å². The quantitative estimate of drug-likeness (QED) is 0.829. The lowest BCUT2D eigenvalue weighted by Gasteiger charge is -2.26. The number of morpholine rings is 1. The predicted molar refractivity (Wildman–Crippen MR) is 73.5 cm³/mol. The van der Waals surface area contributed by atoms with Gasteiger partial charge in [0.15, 0.2) is 0 Å². The lowest BCUT2D eigenvalue weighted by Crippen LogP contribution is -2.39. The minimum Gasteiger partial charge on any atom is -0.475 e. The van der Waals surface area contributed by atoms with E-state index in [1.807, 2.05) is 13.8 Å². The Bertz CT molecular complexity index is 381. The molecule has 0 radical (unpaired) electrons. The van der Waals surface area contributed by atoms with Crippen molar-refractivity contribution < 1.29 is 9.47 Å². The summed E-state index contributed by atoms with van der Waals surface area (Å²) in [6, 6.07) is 1.77. The average Bonchev–Trinajstić information content (AvgIpc) is 2.40. The third kappa shape index (κ3) is 5.00. The molecule has 2 rings (SSSR count). The number of anilines is 1. The van der Waals surface area contributed by atoms with Crippen LogP contribution in [0.15, 0.2) is 12.3 Å². The van der Waals surface area contributed by atoms with Crippen LogP contribution >= 0.6 is 0 Å². The first kappa shape index (κ1) is 14.0. The molecule has 1 N–H and O–H groups in total. The normalized spacial score (nSPS) is 16.6. The van der Waals surface area contributed by atoms with Crippen LogP contribution in [0.1, 0.15) is 13.8 Å². The van der Waals surface area contributed by atoms with Gasteiger partial charge in [0.1, 0.15) is 0 Å². The molecule has 2 heterocycles. The number of nitrogens with zero attached hydrogens (tertiary/aromatic N) is 3. The van der Waals surface area contributed by atoms with Crippen molar-refractivity contribution in [3.05, 3.63) is 12.3 Å². The zero-order valence-electron chi connectivity index (χ0n) is 11.6. The van der Waals surface area contributed by atoms with E-state index in [-0.39, 0.29) is 6.10 Å². The highest BCUT2D eigenvalue weighted by molar-refractivity contribution is 5.27. The van der Waals surface area contributed by atoms with Gasteiger partial charge in [-0.15, -0.1) is 0 Å². The average molecular weight is 266 g/mol. The highest BCUT2D eigenvalue weighted by Gasteiger charge is 2.09. The van der Waals surface area contributed by atoms with E-state index in [0.717, 1.165) is 39.4 Å². The molecule has 106 valence electrons. The van der Waals surface area contributed by atoms with Crippen molar-refractivity contribution in [1.29, 1.82) is 0 Å². The van der Waals surface area contributed by atoms with Gasteiger partial charge < -0.3 is 14.8 Å². The molecule has 1 aliphatic heterocycles. The molecule has 0 atom stereocenters. The fourth-order valence-electron chi connectivity index (χ4n) is 1.89. The van der Waals surface area contributed by atoms with Crippen molar-refractivity contribution in [3.63, 3.8) is 0 Å². The number of nitrogens with one attached hydrogen (secondary N) is 1. The molecule has 0 unspecified atom stereocenters. The van der Waals surface area contributed by atoms with E-state index in [2.05, 4.69) is 20.2 Å². The Balaban J connectivity index is 1.75. The Hall–Kier alpha value is -1.40. The first-order chi connectivity index (χ1) is 9.24. The minimum absolute atomic E-state index is 0.121. The molecule has 1 aromatic rings. The van der Waals surface area contributed by atoms with Crippen LogP contribution in [0.3, 0.4) is 0 Å². The summed E-state index contributed by atoms with van der Waals surface area (Å²) in [4.78, 5) is 10.9. The molecule has 0 amide bonds. The number of aromatic nitrogens is 2. The van der Waals surface area contributed by atoms with Gasteiger partial charge in [-0.05, 0) is 13.8 Å². The molecule has 6 heteroatoms. The zero-order valence-corrected chi connectivity index (χ0v) is 11.6. The van der Waals surface area contributed by atoms with E-state index in [1.54, 1.807) is 12.3 Å². The summed E-state index contributed by atoms with van der Waals surface area (Å²) in [5.41, 5.74) is 0. The molecule has 0 saturated carbocycles. The first-order valence-electron chi connectivity index (χ1n) is 6.78. The molecular weight excluding hydrogens is 244 g/mol. The molecule has 0 spiro atoms. The van der Waals surface area contributed by atoms with Crippen LogP contribution in [0.2, 0.25) is 0 Å². The smallest absolute Gasteiger partial charge is 0.225 e. The van der Waals surface area contributed by atoms with E-state index in [0.29, 0.717) is 11.8 Å². The molecule has 0 bridgehead atoms. The van der Waals surface area contributed by atoms with E-state index in [9.17, 15) is 0 Å². The molecule has 0 aromatic carbocycles. The molecule has 1 fully saturated rings. The zero-order chi connectivity index (χ0) is 13.5. The van der Waals surface area contributed by atoms with Crippen molar-refractivity contribution in [2.24, 2.45) is 0 Å². The highest BCUT2D eigenvalue weighted by Crippen LogP contribution is 2.09. The minimum atomic E-state index is 0.121. The Kier molecular flexibility index (Phi) is 5.35. The van der Waals surface area contributed by atoms with E-state index in [1.165, 1.54) is 0 Å². The Morgan fingerprint density at radius 3 is 2.95 bits per heavy atom. The summed E-state index contributed by atoms with van der Waals surface area (Å²) in [5.74, 6) is 1.23. The fraction of sp³-hybridized carbons (Fsp3) is 0.692. The van der Waals surface area contributed by atoms with E-state index < -0.39 is 0 Å². The van der Waals surface area contributed by atoms with Gasteiger partial charge in [0.25, 0.3) is 0 Å². The Labute approximate surface area is 114 Å². The van der Waals surface area contributed by atoms with E-state index in [4.69, 9.17) is 9.47 Å². The summed E-state index contributed by atoms with van der Waals surface area (Å²) < 4.78 is 10.8. The van der Waals surface area contributed by atoms with Gasteiger partial charge in [0, 0.05) is 38.4 Å². The van der Waals surface area contributed by atoms with Crippen LogP contribution in [0, 0.1) is 0 Å². The van der Waals surface area contributed by atoms with Crippen LogP contribution < -0.4 is 10.1 Å². The van der Waals surface area contributed by atoms with Crippen LogP contribution in [0.25, 0.3) is 0 Å². The third-order valence-corrected chi connectivity index (χ3v) is 2.80. The van der Waals surface area contributed by atoms with Crippen LogP contribution in [0.5, 0.6) is 5.88 Å². The van der Waals surface area contributed by atoms with Gasteiger partial charge in [0.05, 0.1) is 19.3 Å². The SMILES string of the molecule is CC(C)Oc1ccnc(NCCN2CCOCC2)n1. The predicted octanol–water partition coefficient (Wildman–Crippen LogP) is 1.01. The standard InChI is InChI=1S/C13H22N4O2/c1-11(2)19-12-3-4-14-13(16-12)15-5-6-17-7-9-18-10-8-17/h3-4,11H,5-10H2,1-2H3,(H,14,15,16). The van der Waals surface area contributed by atoms with Crippen molar-refractivity contribution in [2.75, 3.05) is 44.7 Å². The monoisotopic (exact) mass is 266 g/mol.